The Kier molecular flexibility index (Phi) is 9.75. The summed E-state index contributed by atoms with van der Waals surface area (Å²) in [4.78, 5) is 10.7. The van der Waals surface area contributed by atoms with E-state index in [2.05, 4.69) is 16.8 Å². The highest BCUT2D eigenvalue weighted by atomic mass is 35.5. The van der Waals surface area contributed by atoms with Crippen LogP contribution < -0.4 is 0 Å². The van der Waals surface area contributed by atoms with Crippen molar-refractivity contribution in [2.75, 3.05) is 19.8 Å². The van der Waals surface area contributed by atoms with Gasteiger partial charge in [0.25, 0.3) is 0 Å². The normalized spacial score (nSPS) is 18.6. The lowest BCUT2D eigenvalue weighted by atomic mass is 9.82. The molecule has 8 heteroatoms. The number of aliphatic hydroxyl groups excluding tert-OH is 2. The second-order valence-corrected chi connectivity index (χ2v) is 10.3. The largest absolute Gasteiger partial charge is 0.480 e. The fourth-order valence-electron chi connectivity index (χ4n) is 5.18. The molecule has 1 atom stereocenters. The summed E-state index contributed by atoms with van der Waals surface area (Å²) in [5.74, 6) is -0.113. The smallest absolute Gasteiger partial charge is 0.329 e. The summed E-state index contributed by atoms with van der Waals surface area (Å²) in [5, 5.41) is 34.1. The van der Waals surface area contributed by atoms with Crippen molar-refractivity contribution < 1.29 is 24.9 Å². The van der Waals surface area contributed by atoms with Crippen LogP contribution in [-0.4, -0.2) is 57.0 Å². The van der Waals surface area contributed by atoms with Gasteiger partial charge >= 0.3 is 5.97 Å². The van der Waals surface area contributed by atoms with Crippen LogP contribution in [0.1, 0.15) is 37.8 Å². The van der Waals surface area contributed by atoms with Gasteiger partial charge in [0.1, 0.15) is 12.3 Å². The average Bonchev–Trinajstić information content (AvgIpc) is 3.26. The Morgan fingerprint density at radius 1 is 1.05 bits per heavy atom. The molecule has 0 unspecified atom stereocenters. The van der Waals surface area contributed by atoms with Crippen molar-refractivity contribution >= 4 is 17.6 Å². The van der Waals surface area contributed by atoms with Crippen molar-refractivity contribution in [1.29, 1.82) is 0 Å². The molecular weight excluding hydrogens is 492 g/mol. The summed E-state index contributed by atoms with van der Waals surface area (Å²) in [6.45, 7) is 0.723. The zero-order valence-corrected chi connectivity index (χ0v) is 21.7. The topological polar surface area (TPSA) is 105 Å². The van der Waals surface area contributed by atoms with Gasteiger partial charge in [-0.05, 0) is 68.1 Å². The average molecular weight is 527 g/mol. The van der Waals surface area contributed by atoms with Gasteiger partial charge in [-0.25, -0.2) is 4.79 Å². The zero-order chi connectivity index (χ0) is 26.2. The SMILES string of the molecule is O=C(O)COCC1CCC(Cn2nc(-c3ccccc3)c(-c3cccc(Cl)c3)c2CC[C@@H](O)CO)CC1. The van der Waals surface area contributed by atoms with E-state index in [1.165, 1.54) is 0 Å². The van der Waals surface area contributed by atoms with Crippen LogP contribution in [0.2, 0.25) is 5.02 Å². The first-order valence-corrected chi connectivity index (χ1v) is 13.3. The Labute approximate surface area is 222 Å². The van der Waals surface area contributed by atoms with Crippen LogP contribution >= 0.6 is 11.6 Å². The van der Waals surface area contributed by atoms with Gasteiger partial charge in [0.05, 0.1) is 19.3 Å². The third kappa shape index (κ3) is 7.42. The van der Waals surface area contributed by atoms with E-state index in [0.29, 0.717) is 36.3 Å². The van der Waals surface area contributed by atoms with Crippen molar-refractivity contribution in [2.24, 2.45) is 11.8 Å². The van der Waals surface area contributed by atoms with Crippen LogP contribution in [0.15, 0.2) is 54.6 Å². The van der Waals surface area contributed by atoms with Crippen LogP contribution in [0.5, 0.6) is 0 Å². The fourth-order valence-corrected chi connectivity index (χ4v) is 5.37. The number of hydrogen-bond acceptors (Lipinski definition) is 5. The lowest BCUT2D eigenvalue weighted by Crippen LogP contribution is -2.24. The van der Waals surface area contributed by atoms with Crippen LogP contribution in [-0.2, 0) is 22.5 Å². The maximum absolute atomic E-state index is 10.7. The van der Waals surface area contributed by atoms with Crippen molar-refractivity contribution in [3.05, 3.63) is 65.3 Å². The van der Waals surface area contributed by atoms with Gasteiger partial charge in [-0.2, -0.15) is 5.10 Å². The van der Waals surface area contributed by atoms with E-state index in [-0.39, 0.29) is 13.2 Å². The summed E-state index contributed by atoms with van der Waals surface area (Å²) in [6.07, 6.45) is 4.24. The summed E-state index contributed by atoms with van der Waals surface area (Å²) in [5.41, 5.74) is 4.91. The van der Waals surface area contributed by atoms with Crippen LogP contribution in [0.4, 0.5) is 0 Å². The van der Waals surface area contributed by atoms with Gasteiger partial charge in [-0.3, -0.25) is 4.68 Å². The quantitative estimate of drug-likeness (QED) is 0.304. The lowest BCUT2D eigenvalue weighted by Gasteiger charge is -2.28. The van der Waals surface area contributed by atoms with E-state index < -0.39 is 12.1 Å². The van der Waals surface area contributed by atoms with Gasteiger partial charge < -0.3 is 20.1 Å². The maximum atomic E-state index is 10.7. The molecule has 2 aromatic carbocycles. The summed E-state index contributed by atoms with van der Waals surface area (Å²) in [7, 11) is 0. The number of halogens is 1. The third-order valence-corrected chi connectivity index (χ3v) is 7.35. The second-order valence-electron chi connectivity index (χ2n) is 9.90. The number of aromatic nitrogens is 2. The van der Waals surface area contributed by atoms with Crippen LogP contribution in [0.3, 0.4) is 0 Å². The molecule has 0 bridgehead atoms. The fraction of sp³-hybridized carbons (Fsp3) is 0.448. The molecular formula is C29H35ClN2O5. The predicted molar refractivity (Wildman–Crippen MR) is 143 cm³/mol. The molecule has 1 fully saturated rings. The molecule has 0 spiro atoms. The van der Waals surface area contributed by atoms with Crippen molar-refractivity contribution in [3.63, 3.8) is 0 Å². The molecule has 0 amide bonds. The highest BCUT2D eigenvalue weighted by Gasteiger charge is 2.26. The number of aliphatic carboxylic acids is 1. The molecule has 0 saturated heterocycles. The highest BCUT2D eigenvalue weighted by Crippen LogP contribution is 2.38. The number of hydrogen-bond donors (Lipinski definition) is 3. The summed E-state index contributed by atoms with van der Waals surface area (Å²) >= 11 is 6.38. The van der Waals surface area contributed by atoms with Gasteiger partial charge in [-0.1, -0.05) is 54.1 Å². The van der Waals surface area contributed by atoms with Gasteiger partial charge in [0, 0.05) is 28.4 Å². The molecule has 1 aliphatic rings. The highest BCUT2D eigenvalue weighted by molar-refractivity contribution is 6.30. The van der Waals surface area contributed by atoms with Gasteiger partial charge in [0.15, 0.2) is 0 Å². The molecule has 1 heterocycles. The first-order chi connectivity index (χ1) is 17.9. The molecule has 0 aliphatic heterocycles. The molecule has 3 aromatic rings. The first-order valence-electron chi connectivity index (χ1n) is 12.9. The molecule has 3 N–H and O–H groups in total. The molecule has 1 aliphatic carbocycles. The van der Waals surface area contributed by atoms with Crippen LogP contribution in [0, 0.1) is 11.8 Å². The standard InChI is InChI=1S/C29H35ClN2O5/c30-24-8-4-7-23(15-24)28-26(14-13-25(34)17-33)32(31-29(28)22-5-2-1-3-6-22)16-20-9-11-21(12-10-20)18-37-19-27(35)36/h1-8,15,20-21,25,33-34H,9-14,16-19H2,(H,35,36)/t20?,21?,25-/m1/s1. The number of carboxylic acids is 1. The number of rotatable bonds is 12. The van der Waals surface area contributed by atoms with Crippen LogP contribution in [0.25, 0.3) is 22.4 Å². The molecule has 7 nitrogen and oxygen atoms in total. The Bertz CT molecular complexity index is 1160. The van der Waals surface area contributed by atoms with Gasteiger partial charge in [0.2, 0.25) is 0 Å². The minimum absolute atomic E-state index is 0.245. The Balaban J connectivity index is 1.62. The number of benzene rings is 2. The van der Waals surface area contributed by atoms with E-state index >= 15 is 0 Å². The minimum Gasteiger partial charge on any atom is -0.480 e. The second kappa shape index (κ2) is 13.2. The van der Waals surface area contributed by atoms with Crippen molar-refractivity contribution in [2.45, 2.75) is 51.2 Å². The summed E-state index contributed by atoms with van der Waals surface area (Å²) in [6, 6.07) is 17.9. The molecule has 4 rings (SSSR count). The molecule has 0 radical (unpaired) electrons. The molecule has 37 heavy (non-hydrogen) atoms. The number of nitrogens with zero attached hydrogens (tertiary/aromatic N) is 2. The number of carbonyl (C=O) groups is 1. The molecule has 198 valence electrons. The van der Waals surface area contributed by atoms with E-state index in [4.69, 9.17) is 26.5 Å². The summed E-state index contributed by atoms with van der Waals surface area (Å²) < 4.78 is 7.42. The Hall–Kier alpha value is -2.71. The Morgan fingerprint density at radius 3 is 2.43 bits per heavy atom. The molecule has 1 saturated carbocycles. The lowest BCUT2D eigenvalue weighted by molar-refractivity contribution is -0.142. The van der Waals surface area contributed by atoms with Gasteiger partial charge in [-0.15, -0.1) is 0 Å². The molecule has 1 aromatic heterocycles. The van der Waals surface area contributed by atoms with E-state index in [1.54, 1.807) is 0 Å². The maximum Gasteiger partial charge on any atom is 0.329 e. The predicted octanol–water partition coefficient (Wildman–Crippen LogP) is 5.06. The van der Waals surface area contributed by atoms with E-state index in [9.17, 15) is 15.0 Å². The van der Waals surface area contributed by atoms with E-state index in [0.717, 1.165) is 60.3 Å². The monoisotopic (exact) mass is 526 g/mol. The Morgan fingerprint density at radius 2 is 1.76 bits per heavy atom. The van der Waals surface area contributed by atoms with Crippen molar-refractivity contribution in [3.8, 4) is 22.4 Å². The zero-order valence-electron chi connectivity index (χ0n) is 20.9. The number of ether oxygens (including phenoxy) is 1. The van der Waals surface area contributed by atoms with E-state index in [1.807, 2.05) is 42.5 Å². The number of aliphatic hydroxyl groups is 2. The number of carboxylic acid groups (broad SMARTS) is 1. The first kappa shape index (κ1) is 27.3. The third-order valence-electron chi connectivity index (χ3n) is 7.12. The minimum atomic E-state index is -0.934. The van der Waals surface area contributed by atoms with Crippen molar-refractivity contribution in [1.82, 2.24) is 9.78 Å².